The molecule has 0 radical (unpaired) electrons. The maximum absolute atomic E-state index is 9.28. The van der Waals surface area contributed by atoms with E-state index in [0.29, 0.717) is 15.1 Å². The van der Waals surface area contributed by atoms with Crippen LogP contribution >= 0.6 is 46.6 Å². The normalized spacial score (nSPS) is 10.7. The van der Waals surface area contributed by atoms with Gasteiger partial charge in [0.05, 0.1) is 16.7 Å². The minimum atomic E-state index is -0.0270. The average Bonchev–Trinajstić information content (AvgIpc) is 2.34. The quantitative estimate of drug-likeness (QED) is 0.829. The first-order chi connectivity index (χ1) is 8.60. The van der Waals surface area contributed by atoms with Crippen molar-refractivity contribution in [3.05, 3.63) is 57.0 Å². The Labute approximate surface area is 125 Å². The van der Waals surface area contributed by atoms with Gasteiger partial charge in [-0.25, -0.2) is 0 Å². The van der Waals surface area contributed by atoms with Crippen LogP contribution in [0, 0.1) is 0 Å². The molecule has 0 saturated carbocycles. The molecule has 0 fully saturated rings. The van der Waals surface area contributed by atoms with E-state index in [1.54, 1.807) is 18.2 Å². The van der Waals surface area contributed by atoms with E-state index >= 15 is 0 Å². The van der Waals surface area contributed by atoms with Gasteiger partial charge in [0.2, 0.25) is 0 Å². The van der Waals surface area contributed by atoms with Crippen molar-refractivity contribution >= 4 is 46.6 Å². The SMILES string of the molecule is OCc1ccc(Cl)cc1Sc1ccc(Cl)c(Cl)c1. The fourth-order valence-electron chi connectivity index (χ4n) is 1.42. The topological polar surface area (TPSA) is 20.2 Å². The molecule has 0 aromatic heterocycles. The van der Waals surface area contributed by atoms with Crippen molar-refractivity contribution in [3.63, 3.8) is 0 Å². The number of hydrogen-bond acceptors (Lipinski definition) is 2. The zero-order valence-corrected chi connectivity index (χ0v) is 12.2. The van der Waals surface area contributed by atoms with Gasteiger partial charge in [-0.15, -0.1) is 0 Å². The van der Waals surface area contributed by atoms with Gasteiger partial charge < -0.3 is 5.11 Å². The molecule has 0 aliphatic carbocycles. The molecule has 2 rings (SSSR count). The number of aliphatic hydroxyl groups is 1. The molecule has 2 aromatic rings. The van der Waals surface area contributed by atoms with Gasteiger partial charge in [0.1, 0.15) is 0 Å². The van der Waals surface area contributed by atoms with Gasteiger partial charge in [-0.1, -0.05) is 52.6 Å². The second kappa shape index (κ2) is 6.18. The van der Waals surface area contributed by atoms with Crippen molar-refractivity contribution in [3.8, 4) is 0 Å². The van der Waals surface area contributed by atoms with Crippen LogP contribution in [0.4, 0.5) is 0 Å². The van der Waals surface area contributed by atoms with Crippen LogP contribution in [0.15, 0.2) is 46.2 Å². The molecule has 0 atom stereocenters. The van der Waals surface area contributed by atoms with Crippen LogP contribution in [0.1, 0.15) is 5.56 Å². The fraction of sp³-hybridized carbons (Fsp3) is 0.0769. The Morgan fingerprint density at radius 2 is 1.72 bits per heavy atom. The standard InChI is InChI=1S/C13H9Cl3OS/c14-9-2-1-8(7-17)13(5-9)18-10-3-4-11(15)12(16)6-10/h1-6,17H,7H2. The number of rotatable bonds is 3. The summed E-state index contributed by atoms with van der Waals surface area (Å²) in [4.78, 5) is 1.85. The Hall–Kier alpha value is -0.380. The minimum Gasteiger partial charge on any atom is -0.392 e. The molecule has 0 aliphatic heterocycles. The summed E-state index contributed by atoms with van der Waals surface area (Å²) in [7, 11) is 0. The van der Waals surface area contributed by atoms with E-state index < -0.39 is 0 Å². The van der Waals surface area contributed by atoms with Crippen molar-refractivity contribution < 1.29 is 5.11 Å². The van der Waals surface area contributed by atoms with Gasteiger partial charge in [-0.2, -0.15) is 0 Å². The highest BCUT2D eigenvalue weighted by atomic mass is 35.5. The maximum Gasteiger partial charge on any atom is 0.0692 e. The van der Waals surface area contributed by atoms with Crippen LogP contribution in [-0.4, -0.2) is 5.11 Å². The molecular formula is C13H9Cl3OS. The lowest BCUT2D eigenvalue weighted by atomic mass is 10.2. The zero-order valence-electron chi connectivity index (χ0n) is 9.16. The van der Waals surface area contributed by atoms with Crippen molar-refractivity contribution in [2.75, 3.05) is 0 Å². The lowest BCUT2D eigenvalue weighted by Gasteiger charge is -2.08. The highest BCUT2D eigenvalue weighted by molar-refractivity contribution is 7.99. The third-order valence-corrected chi connectivity index (χ3v) is 4.38. The van der Waals surface area contributed by atoms with Gasteiger partial charge in [0.25, 0.3) is 0 Å². The molecule has 1 N–H and O–H groups in total. The summed E-state index contributed by atoms with van der Waals surface area (Å²) in [6.07, 6.45) is 0. The molecule has 5 heteroatoms. The van der Waals surface area contributed by atoms with E-state index in [9.17, 15) is 5.11 Å². The summed E-state index contributed by atoms with van der Waals surface area (Å²) < 4.78 is 0. The Bertz CT molecular complexity index is 572. The molecular weight excluding hydrogens is 311 g/mol. The monoisotopic (exact) mass is 318 g/mol. The smallest absolute Gasteiger partial charge is 0.0692 e. The predicted octanol–water partition coefficient (Wildman–Crippen LogP) is 5.29. The molecule has 0 unspecified atom stereocenters. The molecule has 0 spiro atoms. The first-order valence-electron chi connectivity index (χ1n) is 5.12. The lowest BCUT2D eigenvalue weighted by Crippen LogP contribution is -1.87. The lowest BCUT2D eigenvalue weighted by molar-refractivity contribution is 0.279. The summed E-state index contributed by atoms with van der Waals surface area (Å²) >= 11 is 19.3. The van der Waals surface area contributed by atoms with Crippen LogP contribution in [0.3, 0.4) is 0 Å². The molecule has 94 valence electrons. The first kappa shape index (κ1) is 14.0. The number of aliphatic hydroxyl groups excluding tert-OH is 1. The third kappa shape index (κ3) is 3.34. The van der Waals surface area contributed by atoms with E-state index in [1.807, 2.05) is 18.2 Å². The Kier molecular flexibility index (Phi) is 4.82. The fourth-order valence-corrected chi connectivity index (χ4v) is 3.04. The molecule has 1 nitrogen and oxygen atoms in total. The van der Waals surface area contributed by atoms with Crippen molar-refractivity contribution in [1.82, 2.24) is 0 Å². The maximum atomic E-state index is 9.28. The van der Waals surface area contributed by atoms with Crippen LogP contribution in [0.5, 0.6) is 0 Å². The van der Waals surface area contributed by atoms with E-state index in [2.05, 4.69) is 0 Å². The largest absolute Gasteiger partial charge is 0.392 e. The van der Waals surface area contributed by atoms with Gasteiger partial charge in [-0.05, 0) is 35.9 Å². The number of halogens is 3. The third-order valence-electron chi connectivity index (χ3n) is 2.32. The molecule has 0 amide bonds. The average molecular weight is 320 g/mol. The summed E-state index contributed by atoms with van der Waals surface area (Å²) in [6, 6.07) is 10.8. The summed E-state index contributed by atoms with van der Waals surface area (Å²) in [5.41, 5.74) is 0.829. The molecule has 0 heterocycles. The molecule has 18 heavy (non-hydrogen) atoms. The summed E-state index contributed by atoms with van der Waals surface area (Å²) in [5, 5.41) is 10.9. The minimum absolute atomic E-state index is 0.0270. The number of hydrogen-bond donors (Lipinski definition) is 1. The molecule has 0 saturated heterocycles. The van der Waals surface area contributed by atoms with Crippen LogP contribution in [-0.2, 0) is 6.61 Å². The van der Waals surface area contributed by atoms with Gasteiger partial charge >= 0.3 is 0 Å². The van der Waals surface area contributed by atoms with Crippen LogP contribution in [0.2, 0.25) is 15.1 Å². The second-order valence-corrected chi connectivity index (χ2v) is 5.95. The van der Waals surface area contributed by atoms with Gasteiger partial charge in [-0.3, -0.25) is 0 Å². The molecule has 0 bridgehead atoms. The number of benzene rings is 2. The van der Waals surface area contributed by atoms with Crippen molar-refractivity contribution in [2.45, 2.75) is 16.4 Å². The summed E-state index contributed by atoms with van der Waals surface area (Å²) in [6.45, 7) is -0.0270. The Morgan fingerprint density at radius 1 is 0.944 bits per heavy atom. The van der Waals surface area contributed by atoms with Gasteiger partial charge in [0, 0.05) is 14.8 Å². The van der Waals surface area contributed by atoms with E-state index in [4.69, 9.17) is 34.8 Å². The van der Waals surface area contributed by atoms with Crippen LogP contribution in [0.25, 0.3) is 0 Å². The van der Waals surface area contributed by atoms with E-state index in [0.717, 1.165) is 15.4 Å². The second-order valence-electron chi connectivity index (χ2n) is 3.59. The summed E-state index contributed by atoms with van der Waals surface area (Å²) in [5.74, 6) is 0. The predicted molar refractivity (Wildman–Crippen MR) is 78.0 cm³/mol. The highest BCUT2D eigenvalue weighted by Gasteiger charge is 2.06. The van der Waals surface area contributed by atoms with Crippen molar-refractivity contribution in [1.29, 1.82) is 0 Å². The van der Waals surface area contributed by atoms with Crippen LogP contribution < -0.4 is 0 Å². The van der Waals surface area contributed by atoms with Crippen molar-refractivity contribution in [2.24, 2.45) is 0 Å². The highest BCUT2D eigenvalue weighted by Crippen LogP contribution is 2.35. The molecule has 0 aliphatic rings. The Morgan fingerprint density at radius 3 is 2.39 bits per heavy atom. The van der Waals surface area contributed by atoms with E-state index in [-0.39, 0.29) is 6.61 Å². The molecule has 2 aromatic carbocycles. The first-order valence-corrected chi connectivity index (χ1v) is 7.07. The van der Waals surface area contributed by atoms with Gasteiger partial charge in [0.15, 0.2) is 0 Å². The Balaban J connectivity index is 2.33. The van der Waals surface area contributed by atoms with E-state index in [1.165, 1.54) is 11.8 Å². The zero-order chi connectivity index (χ0) is 13.1.